The van der Waals surface area contributed by atoms with Crippen molar-refractivity contribution in [2.45, 2.75) is 6.92 Å². The Morgan fingerprint density at radius 1 is 1.38 bits per heavy atom. The number of nitro groups is 1. The number of ketones is 1. The summed E-state index contributed by atoms with van der Waals surface area (Å²) in [5, 5.41) is 14.4. The molecule has 1 heterocycles. The number of hydrogen-bond donors (Lipinski definition) is 0. The third-order valence-corrected chi connectivity index (χ3v) is 2.75. The van der Waals surface area contributed by atoms with E-state index in [2.05, 4.69) is 9.89 Å². The fraction of sp³-hybridized carbons (Fsp3) is 0.154. The summed E-state index contributed by atoms with van der Waals surface area (Å²) in [5.41, 5.74) is 0.131. The highest BCUT2D eigenvalue weighted by atomic mass is 16.6. The number of benzene rings is 1. The molecule has 0 spiro atoms. The number of non-ortho nitro benzene ring substituents is 1. The van der Waals surface area contributed by atoms with Gasteiger partial charge in [0.25, 0.3) is 11.4 Å². The SMILES string of the molecule is COC(=O)c1onc(-c2cccc([N+](=O)[O-])c2)c1C(C)=O. The minimum Gasteiger partial charge on any atom is -0.463 e. The topological polar surface area (TPSA) is 113 Å². The van der Waals surface area contributed by atoms with Gasteiger partial charge in [0.2, 0.25) is 0 Å². The number of ether oxygens (including phenoxy) is 1. The number of carbonyl (C=O) groups is 2. The Hall–Kier alpha value is -3.03. The predicted molar refractivity (Wildman–Crippen MR) is 69.9 cm³/mol. The van der Waals surface area contributed by atoms with Crippen LogP contribution in [0.5, 0.6) is 0 Å². The Morgan fingerprint density at radius 2 is 2.10 bits per heavy atom. The zero-order valence-electron chi connectivity index (χ0n) is 11.2. The quantitative estimate of drug-likeness (QED) is 0.367. The minimum atomic E-state index is -0.843. The van der Waals surface area contributed by atoms with Crippen molar-refractivity contribution in [3.8, 4) is 11.3 Å². The van der Waals surface area contributed by atoms with E-state index in [9.17, 15) is 19.7 Å². The molecule has 108 valence electrons. The molecule has 2 rings (SSSR count). The van der Waals surface area contributed by atoms with Crippen molar-refractivity contribution in [1.82, 2.24) is 5.16 Å². The second-order valence-corrected chi connectivity index (χ2v) is 4.09. The van der Waals surface area contributed by atoms with Gasteiger partial charge in [0.05, 0.1) is 12.0 Å². The van der Waals surface area contributed by atoms with E-state index in [-0.39, 0.29) is 22.7 Å². The molecule has 0 aliphatic rings. The van der Waals surface area contributed by atoms with Crippen molar-refractivity contribution in [3.63, 3.8) is 0 Å². The highest BCUT2D eigenvalue weighted by Crippen LogP contribution is 2.28. The molecule has 0 atom stereocenters. The first kappa shape index (κ1) is 14.4. The van der Waals surface area contributed by atoms with Crippen molar-refractivity contribution in [2.75, 3.05) is 7.11 Å². The molecule has 21 heavy (non-hydrogen) atoms. The average Bonchev–Trinajstić information content (AvgIpc) is 2.91. The minimum absolute atomic E-state index is 0.0617. The maximum atomic E-state index is 11.7. The summed E-state index contributed by atoms with van der Waals surface area (Å²) in [7, 11) is 1.14. The largest absolute Gasteiger partial charge is 0.463 e. The van der Waals surface area contributed by atoms with E-state index in [0.717, 1.165) is 7.11 Å². The van der Waals surface area contributed by atoms with Gasteiger partial charge in [0.1, 0.15) is 11.3 Å². The van der Waals surface area contributed by atoms with Gasteiger partial charge in [-0.25, -0.2) is 4.79 Å². The second kappa shape index (κ2) is 5.53. The highest BCUT2D eigenvalue weighted by Gasteiger charge is 2.27. The van der Waals surface area contributed by atoms with Gasteiger partial charge in [-0.15, -0.1) is 0 Å². The van der Waals surface area contributed by atoms with Gasteiger partial charge in [0, 0.05) is 17.7 Å². The monoisotopic (exact) mass is 290 g/mol. The summed E-state index contributed by atoms with van der Waals surface area (Å²) in [6.45, 7) is 1.24. The molecule has 0 aliphatic heterocycles. The fourth-order valence-corrected chi connectivity index (χ4v) is 1.81. The molecule has 0 fully saturated rings. The third-order valence-electron chi connectivity index (χ3n) is 2.75. The van der Waals surface area contributed by atoms with Crippen LogP contribution in [0.3, 0.4) is 0 Å². The zero-order valence-corrected chi connectivity index (χ0v) is 11.2. The van der Waals surface area contributed by atoms with Crippen molar-refractivity contribution in [3.05, 3.63) is 45.7 Å². The molecule has 0 amide bonds. The first-order valence-electron chi connectivity index (χ1n) is 5.79. The van der Waals surface area contributed by atoms with E-state index >= 15 is 0 Å². The van der Waals surface area contributed by atoms with Crippen molar-refractivity contribution in [2.24, 2.45) is 0 Å². The zero-order chi connectivity index (χ0) is 15.6. The Morgan fingerprint density at radius 3 is 2.67 bits per heavy atom. The van der Waals surface area contributed by atoms with Crippen molar-refractivity contribution < 1.29 is 23.8 Å². The summed E-state index contributed by atoms with van der Waals surface area (Å²) in [6.07, 6.45) is 0. The Balaban J connectivity index is 2.62. The van der Waals surface area contributed by atoms with Crippen molar-refractivity contribution in [1.29, 1.82) is 0 Å². The molecule has 0 aliphatic carbocycles. The lowest BCUT2D eigenvalue weighted by Gasteiger charge is -2.00. The molecule has 1 aromatic carbocycles. The summed E-state index contributed by atoms with van der Waals surface area (Å²) in [6, 6.07) is 5.52. The number of esters is 1. The number of methoxy groups -OCH3 is 1. The van der Waals surface area contributed by atoms with E-state index in [1.54, 1.807) is 0 Å². The number of nitro benzene ring substituents is 1. The maximum absolute atomic E-state index is 11.7. The average molecular weight is 290 g/mol. The van der Waals surface area contributed by atoms with Crippen LogP contribution in [0.15, 0.2) is 28.8 Å². The Bertz CT molecular complexity index is 734. The number of rotatable bonds is 4. The van der Waals surface area contributed by atoms with Crippen LogP contribution >= 0.6 is 0 Å². The molecule has 0 saturated heterocycles. The smallest absolute Gasteiger partial charge is 0.377 e. The van der Waals surface area contributed by atoms with Gasteiger partial charge in [-0.2, -0.15) is 0 Å². The number of nitrogens with zero attached hydrogens (tertiary/aromatic N) is 2. The van der Waals surface area contributed by atoms with Crippen LogP contribution in [0.25, 0.3) is 11.3 Å². The standard InChI is InChI=1S/C13H10N2O6/c1-7(16)10-11(14-21-12(10)13(17)20-2)8-4-3-5-9(6-8)15(18)19/h3-6H,1-2H3. The van der Waals surface area contributed by atoms with E-state index in [1.165, 1.54) is 31.2 Å². The van der Waals surface area contributed by atoms with Crippen LogP contribution in [-0.2, 0) is 4.74 Å². The molecule has 0 radical (unpaired) electrons. The summed E-state index contributed by atoms with van der Waals surface area (Å²) in [4.78, 5) is 33.5. The molecule has 0 bridgehead atoms. The van der Waals surface area contributed by atoms with E-state index in [4.69, 9.17) is 4.52 Å². The lowest BCUT2D eigenvalue weighted by atomic mass is 10.0. The van der Waals surface area contributed by atoms with Gasteiger partial charge >= 0.3 is 5.97 Å². The molecule has 0 N–H and O–H groups in total. The lowest BCUT2D eigenvalue weighted by Crippen LogP contribution is -2.06. The molecule has 0 saturated carbocycles. The molecule has 8 heteroatoms. The third kappa shape index (κ3) is 2.64. The molecular weight excluding hydrogens is 280 g/mol. The molecular formula is C13H10N2O6. The Labute approximate surface area is 118 Å². The molecule has 2 aromatic rings. The van der Waals surface area contributed by atoms with Crippen LogP contribution in [0.2, 0.25) is 0 Å². The van der Waals surface area contributed by atoms with Crippen LogP contribution in [0.1, 0.15) is 27.8 Å². The van der Waals surface area contributed by atoms with Gasteiger partial charge in [-0.3, -0.25) is 14.9 Å². The first-order chi connectivity index (χ1) is 9.95. The van der Waals surface area contributed by atoms with Crippen LogP contribution in [0, 0.1) is 10.1 Å². The first-order valence-corrected chi connectivity index (χ1v) is 5.79. The van der Waals surface area contributed by atoms with Crippen molar-refractivity contribution >= 4 is 17.4 Å². The van der Waals surface area contributed by atoms with E-state index in [1.807, 2.05) is 0 Å². The number of hydrogen-bond acceptors (Lipinski definition) is 7. The number of aromatic nitrogens is 1. The number of Topliss-reactive ketones (excluding diaryl/α,β-unsaturated/α-hetero) is 1. The second-order valence-electron chi connectivity index (χ2n) is 4.09. The van der Waals surface area contributed by atoms with E-state index < -0.39 is 16.7 Å². The maximum Gasteiger partial charge on any atom is 0.377 e. The summed E-state index contributed by atoms with van der Waals surface area (Å²) < 4.78 is 9.35. The predicted octanol–water partition coefficient (Wildman–Crippen LogP) is 2.24. The van der Waals surface area contributed by atoms with Gasteiger partial charge in [-0.1, -0.05) is 17.3 Å². The Kier molecular flexibility index (Phi) is 3.79. The van der Waals surface area contributed by atoms with Crippen LogP contribution in [0.4, 0.5) is 5.69 Å². The normalized spacial score (nSPS) is 10.2. The molecule has 0 unspecified atom stereocenters. The summed E-state index contributed by atoms with van der Waals surface area (Å²) in [5.74, 6) is -1.63. The summed E-state index contributed by atoms with van der Waals surface area (Å²) >= 11 is 0. The van der Waals surface area contributed by atoms with Crippen LogP contribution < -0.4 is 0 Å². The molecule has 1 aromatic heterocycles. The lowest BCUT2D eigenvalue weighted by molar-refractivity contribution is -0.384. The molecule has 8 nitrogen and oxygen atoms in total. The van der Waals surface area contributed by atoms with Gasteiger partial charge < -0.3 is 9.26 Å². The van der Waals surface area contributed by atoms with Gasteiger partial charge in [0.15, 0.2) is 5.78 Å². The van der Waals surface area contributed by atoms with Crippen LogP contribution in [-0.4, -0.2) is 28.9 Å². The van der Waals surface area contributed by atoms with E-state index in [0.29, 0.717) is 5.56 Å². The fourth-order valence-electron chi connectivity index (χ4n) is 1.81. The number of carbonyl (C=O) groups excluding carboxylic acids is 2. The highest BCUT2D eigenvalue weighted by molar-refractivity contribution is 6.07. The van der Waals surface area contributed by atoms with Gasteiger partial charge in [-0.05, 0) is 6.92 Å².